The maximum atomic E-state index is 5.35. The van der Waals surface area contributed by atoms with Crippen molar-refractivity contribution in [3.63, 3.8) is 0 Å². The van der Waals surface area contributed by atoms with Crippen molar-refractivity contribution in [2.75, 3.05) is 7.05 Å². The third-order valence-corrected chi connectivity index (χ3v) is 1.38. The van der Waals surface area contributed by atoms with E-state index in [1.54, 1.807) is 7.05 Å². The predicted molar refractivity (Wildman–Crippen MR) is 56.7 cm³/mol. The molecule has 1 aromatic carbocycles. The molecule has 0 saturated heterocycles. The molecule has 0 aliphatic carbocycles. The van der Waals surface area contributed by atoms with Crippen molar-refractivity contribution in [1.82, 2.24) is 5.06 Å². The quantitative estimate of drug-likeness (QED) is 0.444. The Morgan fingerprint density at radius 3 is 2.71 bits per heavy atom. The summed E-state index contributed by atoms with van der Waals surface area (Å²) >= 11 is 0. The zero-order valence-electron chi connectivity index (χ0n) is 8.05. The molecule has 74 valence electrons. The lowest BCUT2D eigenvalue weighted by molar-refractivity contribution is 0.0541. The Bertz CT molecular complexity index is 321. The van der Waals surface area contributed by atoms with E-state index in [0.717, 1.165) is 5.75 Å². The van der Waals surface area contributed by atoms with Gasteiger partial charge in [-0.2, -0.15) is 0 Å². The van der Waals surface area contributed by atoms with Gasteiger partial charge in [0.2, 0.25) is 0 Å². The van der Waals surface area contributed by atoms with Crippen LogP contribution in [0.4, 0.5) is 0 Å². The number of rotatable bonds is 4. The highest BCUT2D eigenvalue weighted by atomic mass is 16.7. The molecule has 0 aromatic heterocycles. The SMILES string of the molecule is C=C(N)N=CN(C)Oc1ccccc1. The van der Waals surface area contributed by atoms with E-state index in [2.05, 4.69) is 11.6 Å². The summed E-state index contributed by atoms with van der Waals surface area (Å²) in [6.45, 7) is 3.43. The van der Waals surface area contributed by atoms with Gasteiger partial charge in [0.1, 0.15) is 12.2 Å². The molecule has 0 radical (unpaired) electrons. The van der Waals surface area contributed by atoms with Gasteiger partial charge in [-0.3, -0.25) is 0 Å². The highest BCUT2D eigenvalue weighted by Gasteiger charge is 1.94. The maximum absolute atomic E-state index is 5.35. The van der Waals surface area contributed by atoms with Crippen LogP contribution < -0.4 is 10.6 Å². The summed E-state index contributed by atoms with van der Waals surface area (Å²) in [5.74, 6) is 0.984. The molecule has 0 saturated carbocycles. The van der Waals surface area contributed by atoms with Gasteiger partial charge in [0.15, 0.2) is 5.75 Å². The summed E-state index contributed by atoms with van der Waals surface area (Å²) in [6.07, 6.45) is 1.45. The van der Waals surface area contributed by atoms with Crippen LogP contribution in [0, 0.1) is 0 Å². The van der Waals surface area contributed by atoms with Gasteiger partial charge in [-0.1, -0.05) is 24.8 Å². The number of benzene rings is 1. The summed E-state index contributed by atoms with van der Waals surface area (Å²) < 4.78 is 0. The number of hydrogen-bond acceptors (Lipinski definition) is 3. The first kappa shape index (κ1) is 10.1. The van der Waals surface area contributed by atoms with Crippen molar-refractivity contribution in [2.24, 2.45) is 10.7 Å². The molecule has 0 unspecified atom stereocenters. The monoisotopic (exact) mass is 191 g/mol. The number of nitrogens with zero attached hydrogens (tertiary/aromatic N) is 2. The van der Waals surface area contributed by atoms with Crippen LogP contribution in [-0.2, 0) is 0 Å². The molecule has 4 heteroatoms. The highest BCUT2D eigenvalue weighted by Crippen LogP contribution is 2.08. The Morgan fingerprint density at radius 1 is 1.50 bits per heavy atom. The molecular weight excluding hydrogens is 178 g/mol. The molecule has 4 nitrogen and oxygen atoms in total. The van der Waals surface area contributed by atoms with Gasteiger partial charge in [-0.15, -0.1) is 0 Å². The average molecular weight is 191 g/mol. The standard InChI is InChI=1S/C10H13N3O/c1-9(11)12-8-13(2)14-10-6-4-3-5-7-10/h3-8H,1,11H2,2H3. The third kappa shape index (κ3) is 3.62. The van der Waals surface area contributed by atoms with E-state index in [1.807, 2.05) is 30.3 Å². The van der Waals surface area contributed by atoms with Crippen molar-refractivity contribution in [3.05, 3.63) is 42.7 Å². The fourth-order valence-corrected chi connectivity index (χ4v) is 0.827. The highest BCUT2D eigenvalue weighted by molar-refractivity contribution is 5.54. The molecule has 0 atom stereocenters. The molecule has 2 N–H and O–H groups in total. The van der Waals surface area contributed by atoms with E-state index in [0.29, 0.717) is 0 Å². The molecule has 1 rings (SSSR count). The first-order valence-electron chi connectivity index (χ1n) is 4.13. The lowest BCUT2D eigenvalue weighted by Gasteiger charge is -2.13. The molecule has 0 bridgehead atoms. The lowest BCUT2D eigenvalue weighted by Crippen LogP contribution is -2.20. The van der Waals surface area contributed by atoms with E-state index in [-0.39, 0.29) is 5.82 Å². The topological polar surface area (TPSA) is 50.8 Å². The molecule has 0 fully saturated rings. The number of hydrogen-bond donors (Lipinski definition) is 1. The second-order valence-electron chi connectivity index (χ2n) is 2.69. The van der Waals surface area contributed by atoms with Gasteiger partial charge in [0.25, 0.3) is 0 Å². The molecule has 0 heterocycles. The number of hydroxylamine groups is 2. The van der Waals surface area contributed by atoms with Gasteiger partial charge in [0, 0.05) is 7.05 Å². The normalized spacial score (nSPS) is 10.1. The Morgan fingerprint density at radius 2 is 2.14 bits per heavy atom. The minimum absolute atomic E-state index is 0.244. The van der Waals surface area contributed by atoms with Crippen molar-refractivity contribution in [2.45, 2.75) is 0 Å². The molecule has 1 aromatic rings. The van der Waals surface area contributed by atoms with Crippen LogP contribution in [0.2, 0.25) is 0 Å². The molecule has 0 aliphatic heterocycles. The second kappa shape index (κ2) is 4.91. The van der Waals surface area contributed by atoms with Gasteiger partial charge in [0.05, 0.1) is 0 Å². The van der Waals surface area contributed by atoms with Crippen LogP contribution in [0.5, 0.6) is 5.75 Å². The molecule has 0 spiro atoms. The Balaban J connectivity index is 2.49. The minimum atomic E-state index is 0.244. The summed E-state index contributed by atoms with van der Waals surface area (Å²) in [5.41, 5.74) is 5.26. The summed E-state index contributed by atoms with van der Waals surface area (Å²) in [7, 11) is 1.72. The Kier molecular flexibility index (Phi) is 3.55. The molecule has 14 heavy (non-hydrogen) atoms. The summed E-state index contributed by atoms with van der Waals surface area (Å²) in [6, 6.07) is 9.40. The van der Waals surface area contributed by atoms with Crippen molar-refractivity contribution in [1.29, 1.82) is 0 Å². The third-order valence-electron chi connectivity index (χ3n) is 1.38. The fourth-order valence-electron chi connectivity index (χ4n) is 0.827. The van der Waals surface area contributed by atoms with Crippen LogP contribution in [0.15, 0.2) is 47.7 Å². The van der Waals surface area contributed by atoms with E-state index in [9.17, 15) is 0 Å². The van der Waals surface area contributed by atoms with Gasteiger partial charge >= 0.3 is 0 Å². The first-order chi connectivity index (χ1) is 6.68. The Hall–Kier alpha value is -1.97. The van der Waals surface area contributed by atoms with Crippen molar-refractivity contribution in [3.8, 4) is 5.75 Å². The minimum Gasteiger partial charge on any atom is -0.384 e. The smallest absolute Gasteiger partial charge is 0.155 e. The van der Waals surface area contributed by atoms with E-state index < -0.39 is 0 Å². The average Bonchev–Trinajstić information content (AvgIpc) is 2.16. The van der Waals surface area contributed by atoms with E-state index in [1.165, 1.54) is 11.4 Å². The van der Waals surface area contributed by atoms with Crippen molar-refractivity contribution >= 4 is 6.34 Å². The zero-order chi connectivity index (χ0) is 10.4. The van der Waals surface area contributed by atoms with Crippen LogP contribution in [-0.4, -0.2) is 18.4 Å². The number of aliphatic imine (C=N–C) groups is 1. The van der Waals surface area contributed by atoms with E-state index >= 15 is 0 Å². The van der Waals surface area contributed by atoms with Crippen LogP contribution in [0.25, 0.3) is 0 Å². The van der Waals surface area contributed by atoms with Crippen LogP contribution in [0.1, 0.15) is 0 Å². The molecule has 0 aliphatic rings. The maximum Gasteiger partial charge on any atom is 0.155 e. The van der Waals surface area contributed by atoms with Gasteiger partial charge < -0.3 is 10.6 Å². The fraction of sp³-hybridized carbons (Fsp3) is 0.100. The number of para-hydroxylation sites is 1. The predicted octanol–water partition coefficient (Wildman–Crippen LogP) is 1.37. The van der Waals surface area contributed by atoms with Gasteiger partial charge in [-0.05, 0) is 12.1 Å². The largest absolute Gasteiger partial charge is 0.384 e. The summed E-state index contributed by atoms with van der Waals surface area (Å²) in [4.78, 5) is 9.13. The lowest BCUT2D eigenvalue weighted by atomic mass is 10.3. The van der Waals surface area contributed by atoms with Crippen LogP contribution >= 0.6 is 0 Å². The summed E-state index contributed by atoms with van der Waals surface area (Å²) in [5, 5.41) is 1.45. The molecule has 0 amide bonds. The van der Waals surface area contributed by atoms with Crippen LogP contribution in [0.3, 0.4) is 0 Å². The Labute approximate surface area is 83.3 Å². The first-order valence-corrected chi connectivity index (χ1v) is 4.13. The second-order valence-corrected chi connectivity index (χ2v) is 2.69. The molecular formula is C10H13N3O. The van der Waals surface area contributed by atoms with Crippen molar-refractivity contribution < 1.29 is 4.84 Å². The number of nitrogens with two attached hydrogens (primary N) is 1. The van der Waals surface area contributed by atoms with E-state index in [4.69, 9.17) is 10.6 Å². The van der Waals surface area contributed by atoms with Gasteiger partial charge in [-0.25, -0.2) is 10.1 Å². The zero-order valence-corrected chi connectivity index (χ0v) is 8.05.